The second-order valence-corrected chi connectivity index (χ2v) is 7.69. The molecule has 3 N–H and O–H groups in total. The van der Waals surface area contributed by atoms with Crippen molar-refractivity contribution in [3.63, 3.8) is 0 Å². The van der Waals surface area contributed by atoms with Gasteiger partial charge in [0.2, 0.25) is 0 Å². The van der Waals surface area contributed by atoms with Gasteiger partial charge >= 0.3 is 6.18 Å². The summed E-state index contributed by atoms with van der Waals surface area (Å²) in [5.74, 6) is -1.01. The fraction of sp³-hybridized carbons (Fsp3) is 0.350. The van der Waals surface area contributed by atoms with Crippen molar-refractivity contribution in [1.82, 2.24) is 9.97 Å². The van der Waals surface area contributed by atoms with Gasteiger partial charge in [-0.1, -0.05) is 13.8 Å². The van der Waals surface area contributed by atoms with Crippen LogP contribution in [0, 0.1) is 5.82 Å². The number of nitrogens with one attached hydrogen (secondary N) is 1. The van der Waals surface area contributed by atoms with Crippen molar-refractivity contribution >= 4 is 10.9 Å². The third kappa shape index (κ3) is 3.82. The Morgan fingerprint density at radius 1 is 1.11 bits per heavy atom. The molecule has 0 aliphatic carbocycles. The molecule has 3 rings (SSSR count). The maximum Gasteiger partial charge on any atom is 0.417 e. The van der Waals surface area contributed by atoms with E-state index in [4.69, 9.17) is 0 Å². The van der Waals surface area contributed by atoms with Crippen LogP contribution in [0.3, 0.4) is 0 Å². The van der Waals surface area contributed by atoms with Gasteiger partial charge < -0.3 is 15.2 Å². The number of phenols is 1. The van der Waals surface area contributed by atoms with Crippen molar-refractivity contribution in [2.75, 3.05) is 0 Å². The third-order valence-corrected chi connectivity index (χ3v) is 4.91. The Kier molecular flexibility index (Phi) is 4.87. The van der Waals surface area contributed by atoms with Gasteiger partial charge in [-0.25, -0.2) is 4.39 Å². The lowest BCUT2D eigenvalue weighted by Gasteiger charge is -2.38. The van der Waals surface area contributed by atoms with Gasteiger partial charge in [-0.15, -0.1) is 0 Å². The van der Waals surface area contributed by atoms with Crippen LogP contribution in [0.4, 0.5) is 17.6 Å². The smallest absolute Gasteiger partial charge is 0.417 e. The maximum atomic E-state index is 13.9. The Labute approximate surface area is 158 Å². The van der Waals surface area contributed by atoms with Gasteiger partial charge in [0, 0.05) is 29.3 Å². The highest BCUT2D eigenvalue weighted by molar-refractivity contribution is 5.79. The number of aromatic nitrogens is 2. The number of hydrogen-bond acceptors (Lipinski definition) is 3. The Hall–Kier alpha value is -2.61. The molecule has 0 aliphatic heterocycles. The van der Waals surface area contributed by atoms with Crippen molar-refractivity contribution in [2.24, 2.45) is 0 Å². The molecule has 0 spiro atoms. The summed E-state index contributed by atoms with van der Waals surface area (Å²) < 4.78 is 55.2. The monoisotopic (exact) mass is 396 g/mol. The zero-order chi connectivity index (χ0) is 20.7. The van der Waals surface area contributed by atoms with E-state index in [9.17, 15) is 27.8 Å². The van der Waals surface area contributed by atoms with Gasteiger partial charge in [0.15, 0.2) is 5.60 Å². The first-order chi connectivity index (χ1) is 12.9. The molecule has 0 amide bonds. The number of H-pyrrole nitrogens is 1. The summed E-state index contributed by atoms with van der Waals surface area (Å²) in [4.78, 5) is 6.75. The number of halogens is 4. The van der Waals surface area contributed by atoms with E-state index in [0.717, 1.165) is 18.2 Å². The van der Waals surface area contributed by atoms with E-state index < -0.39 is 35.9 Å². The number of nitrogens with zero attached hydrogens (tertiary/aromatic N) is 1. The number of hydrogen-bond donors (Lipinski definition) is 3. The number of benzene rings is 1. The van der Waals surface area contributed by atoms with E-state index in [-0.39, 0.29) is 17.0 Å². The minimum atomic E-state index is -4.94. The number of aromatic hydroxyl groups is 1. The van der Waals surface area contributed by atoms with Crippen LogP contribution < -0.4 is 0 Å². The van der Waals surface area contributed by atoms with E-state index in [2.05, 4.69) is 9.97 Å². The van der Waals surface area contributed by atoms with Crippen LogP contribution in [0.1, 0.15) is 31.5 Å². The predicted octanol–water partition coefficient (Wildman–Crippen LogP) is 4.61. The molecule has 0 bridgehead atoms. The highest BCUT2D eigenvalue weighted by atomic mass is 19.4. The van der Waals surface area contributed by atoms with Crippen LogP contribution >= 0.6 is 0 Å². The minimum Gasteiger partial charge on any atom is -0.508 e. The topological polar surface area (TPSA) is 69.1 Å². The summed E-state index contributed by atoms with van der Waals surface area (Å²) in [6, 6.07) is 6.27. The second-order valence-electron chi connectivity index (χ2n) is 7.69. The molecule has 8 heteroatoms. The molecule has 150 valence electrons. The lowest BCUT2D eigenvalue weighted by Crippen LogP contribution is -2.50. The third-order valence-electron chi connectivity index (χ3n) is 4.91. The normalized spacial score (nSPS) is 15.0. The molecule has 0 radical (unpaired) electrons. The summed E-state index contributed by atoms with van der Waals surface area (Å²) >= 11 is 0. The van der Waals surface area contributed by atoms with E-state index in [0.29, 0.717) is 10.9 Å². The summed E-state index contributed by atoms with van der Waals surface area (Å²) in [7, 11) is 0. The van der Waals surface area contributed by atoms with Crippen LogP contribution in [0.2, 0.25) is 0 Å². The van der Waals surface area contributed by atoms with Crippen molar-refractivity contribution < 1.29 is 27.8 Å². The summed E-state index contributed by atoms with van der Waals surface area (Å²) in [5, 5.41) is 21.3. The number of aliphatic hydroxyl groups is 1. The number of rotatable bonds is 5. The molecule has 1 atom stereocenters. The highest BCUT2D eigenvalue weighted by Crippen LogP contribution is 2.45. The Morgan fingerprint density at radius 3 is 2.46 bits per heavy atom. The van der Waals surface area contributed by atoms with Crippen molar-refractivity contribution in [2.45, 2.75) is 43.9 Å². The van der Waals surface area contributed by atoms with Crippen LogP contribution in [0.5, 0.6) is 5.75 Å². The molecule has 0 saturated carbocycles. The minimum absolute atomic E-state index is 0.00368. The Balaban J connectivity index is 1.98. The molecule has 4 nitrogen and oxygen atoms in total. The van der Waals surface area contributed by atoms with Crippen LogP contribution in [0.15, 0.2) is 42.7 Å². The lowest BCUT2D eigenvalue weighted by molar-refractivity contribution is -0.266. The van der Waals surface area contributed by atoms with Crippen LogP contribution in [0.25, 0.3) is 10.9 Å². The average Bonchev–Trinajstić information content (AvgIpc) is 2.97. The van der Waals surface area contributed by atoms with E-state index in [1.807, 2.05) is 0 Å². The predicted molar refractivity (Wildman–Crippen MR) is 96.5 cm³/mol. The van der Waals surface area contributed by atoms with Gasteiger partial charge in [0.1, 0.15) is 11.6 Å². The molecule has 28 heavy (non-hydrogen) atoms. The van der Waals surface area contributed by atoms with Gasteiger partial charge in [-0.05, 0) is 42.2 Å². The zero-order valence-electron chi connectivity index (χ0n) is 15.3. The van der Waals surface area contributed by atoms with Gasteiger partial charge in [-0.2, -0.15) is 13.2 Å². The molecular formula is C20H20F4N2O2. The number of pyridine rings is 1. The number of fused-ring (bicyclic) bond motifs is 1. The molecular weight excluding hydrogens is 376 g/mol. The Morgan fingerprint density at radius 2 is 1.82 bits per heavy atom. The first-order valence-electron chi connectivity index (χ1n) is 8.61. The highest BCUT2D eigenvalue weighted by Gasteiger charge is 2.56. The van der Waals surface area contributed by atoms with Crippen LogP contribution in [-0.4, -0.2) is 32.0 Å². The zero-order valence-corrected chi connectivity index (χ0v) is 15.3. The van der Waals surface area contributed by atoms with Crippen molar-refractivity contribution in [3.8, 4) is 5.75 Å². The molecule has 0 aliphatic rings. The Bertz CT molecular complexity index is 964. The van der Waals surface area contributed by atoms with Crippen molar-refractivity contribution in [3.05, 3.63) is 59.8 Å². The fourth-order valence-electron chi connectivity index (χ4n) is 3.58. The first kappa shape index (κ1) is 20.1. The molecule has 0 fully saturated rings. The number of phenolic OH excluding ortho intramolecular Hbond substituents is 1. The molecule has 0 unspecified atom stereocenters. The fourth-order valence-corrected chi connectivity index (χ4v) is 3.58. The maximum absolute atomic E-state index is 13.9. The lowest BCUT2D eigenvalue weighted by atomic mass is 9.73. The first-order valence-corrected chi connectivity index (χ1v) is 8.61. The average molecular weight is 396 g/mol. The van der Waals surface area contributed by atoms with Crippen molar-refractivity contribution in [1.29, 1.82) is 0 Å². The SMILES string of the molecule is CC(C)(C[C@@](O)(Cc1cc2ccncc2[nH]1)C(F)(F)F)c1cc(F)ccc1O. The largest absolute Gasteiger partial charge is 0.508 e. The van der Waals surface area contributed by atoms with E-state index >= 15 is 0 Å². The summed E-state index contributed by atoms with van der Waals surface area (Å²) in [5.41, 5.74) is -3.70. The molecule has 2 heterocycles. The number of alkyl halides is 3. The second kappa shape index (κ2) is 6.77. The van der Waals surface area contributed by atoms with Crippen LogP contribution in [-0.2, 0) is 11.8 Å². The quantitative estimate of drug-likeness (QED) is 0.552. The van der Waals surface area contributed by atoms with Gasteiger partial charge in [0.25, 0.3) is 0 Å². The molecule has 3 aromatic rings. The molecule has 0 saturated heterocycles. The standard InChI is InChI=1S/C20H20F4N2O2/c1-18(2,15-8-13(21)3-4-17(15)27)11-19(28,20(22,23)24)9-14-7-12-5-6-25-10-16(12)26-14/h3-8,10,26-28H,9,11H2,1-2H3/t19-/m0/s1. The summed E-state index contributed by atoms with van der Waals surface area (Å²) in [6.45, 7) is 2.85. The number of aromatic amines is 1. The molecule has 2 aromatic heterocycles. The van der Waals surface area contributed by atoms with E-state index in [1.165, 1.54) is 32.3 Å². The van der Waals surface area contributed by atoms with Gasteiger partial charge in [-0.3, -0.25) is 4.98 Å². The van der Waals surface area contributed by atoms with Gasteiger partial charge in [0.05, 0.1) is 11.7 Å². The van der Waals surface area contributed by atoms with E-state index in [1.54, 1.807) is 6.07 Å². The summed E-state index contributed by atoms with van der Waals surface area (Å²) in [6.07, 6.45) is -3.42. The molecule has 1 aromatic carbocycles.